The number of carbonyl (C=O) groups excluding carboxylic acids is 1. The van der Waals surface area contributed by atoms with Crippen LogP contribution in [0.25, 0.3) is 22.0 Å². The first-order valence-corrected chi connectivity index (χ1v) is 13.5. The van der Waals surface area contributed by atoms with Crippen molar-refractivity contribution in [2.24, 2.45) is 0 Å². The van der Waals surface area contributed by atoms with E-state index >= 15 is 0 Å². The highest BCUT2D eigenvalue weighted by Crippen LogP contribution is 2.33. The molecule has 0 spiro atoms. The van der Waals surface area contributed by atoms with E-state index in [0.29, 0.717) is 0 Å². The zero-order chi connectivity index (χ0) is 26.4. The number of unbranched alkanes of at least 4 members (excludes halogenated alkanes) is 1. The molecule has 2 aromatic heterocycles. The fourth-order valence-electron chi connectivity index (χ4n) is 4.36. The lowest BCUT2D eigenvalue weighted by atomic mass is 10.1. The maximum Gasteiger partial charge on any atom is 0.255 e. The first kappa shape index (κ1) is 26.5. The van der Waals surface area contributed by atoms with Crippen molar-refractivity contribution in [3.8, 4) is 33.5 Å². The number of aromatic nitrogens is 2. The van der Waals surface area contributed by atoms with E-state index < -0.39 is 0 Å². The van der Waals surface area contributed by atoms with Gasteiger partial charge in [0, 0.05) is 36.8 Å². The lowest BCUT2D eigenvalue weighted by Crippen LogP contribution is -2.28. The second-order valence-electron chi connectivity index (χ2n) is 9.13. The molecule has 0 radical (unpaired) electrons. The van der Waals surface area contributed by atoms with Crippen molar-refractivity contribution in [2.45, 2.75) is 39.7 Å². The van der Waals surface area contributed by atoms with Crippen LogP contribution in [0.5, 0.6) is 11.5 Å². The van der Waals surface area contributed by atoms with Crippen LogP contribution in [-0.4, -0.2) is 48.2 Å². The molecule has 0 N–H and O–H groups in total. The summed E-state index contributed by atoms with van der Waals surface area (Å²) < 4.78 is 12.8. The van der Waals surface area contributed by atoms with Gasteiger partial charge in [-0.2, -0.15) is 0 Å². The number of nitrogens with zero attached hydrogens (tertiary/aromatic N) is 3. The highest BCUT2D eigenvalue weighted by atomic mass is 32.1. The standard InChI is InChI=1S/C30H35N3O3S/c1-6-7-17-32(3)30(34)26-19-28(27-20-37-29(31-27)23-10-14-25(36-5)15-11-23)33(21(26)2)18-16-22-8-12-24(35-4)13-9-22/h8-15,19-20H,6-7,16-18H2,1-5H3. The SMILES string of the molecule is CCCCN(C)C(=O)c1cc(-c2csc(-c3ccc(OC)cc3)n2)n(CCc2ccc(OC)cc2)c1C. The maximum absolute atomic E-state index is 13.4. The number of hydrogen-bond acceptors (Lipinski definition) is 5. The number of rotatable bonds is 11. The molecule has 0 fully saturated rings. The van der Waals surface area contributed by atoms with Crippen LogP contribution in [0, 0.1) is 6.92 Å². The summed E-state index contributed by atoms with van der Waals surface area (Å²) in [6, 6.07) is 18.1. The van der Waals surface area contributed by atoms with Crippen LogP contribution in [-0.2, 0) is 13.0 Å². The number of amides is 1. The van der Waals surface area contributed by atoms with E-state index in [2.05, 4.69) is 29.0 Å². The second-order valence-corrected chi connectivity index (χ2v) is 9.98. The van der Waals surface area contributed by atoms with Gasteiger partial charge in [0.1, 0.15) is 16.5 Å². The number of ether oxygens (including phenoxy) is 2. The van der Waals surface area contributed by atoms with Gasteiger partial charge in [-0.25, -0.2) is 4.98 Å². The van der Waals surface area contributed by atoms with Crippen molar-refractivity contribution in [3.05, 3.63) is 76.8 Å². The molecule has 0 unspecified atom stereocenters. The zero-order valence-electron chi connectivity index (χ0n) is 22.3. The van der Waals surface area contributed by atoms with Gasteiger partial charge in [-0.15, -0.1) is 11.3 Å². The molecule has 6 nitrogen and oxygen atoms in total. The van der Waals surface area contributed by atoms with Crippen LogP contribution in [0.1, 0.15) is 41.4 Å². The summed E-state index contributed by atoms with van der Waals surface area (Å²) in [4.78, 5) is 20.2. The Balaban J connectivity index is 1.67. The van der Waals surface area contributed by atoms with Gasteiger partial charge in [-0.1, -0.05) is 25.5 Å². The third-order valence-corrected chi connectivity index (χ3v) is 7.57. The highest BCUT2D eigenvalue weighted by molar-refractivity contribution is 7.13. The van der Waals surface area contributed by atoms with E-state index in [0.717, 1.165) is 77.1 Å². The Hall–Kier alpha value is -3.58. The molecular weight excluding hydrogens is 482 g/mol. The third-order valence-electron chi connectivity index (χ3n) is 6.68. The van der Waals surface area contributed by atoms with Crippen molar-refractivity contribution < 1.29 is 14.3 Å². The molecule has 4 rings (SSSR count). The fraction of sp³-hybridized carbons (Fsp3) is 0.333. The first-order valence-electron chi connectivity index (χ1n) is 12.6. The van der Waals surface area contributed by atoms with Crippen LogP contribution in [0.4, 0.5) is 0 Å². The summed E-state index contributed by atoms with van der Waals surface area (Å²) in [5.74, 6) is 1.72. The lowest BCUT2D eigenvalue weighted by molar-refractivity contribution is 0.0792. The average molecular weight is 518 g/mol. The molecule has 194 valence electrons. The molecule has 2 aromatic carbocycles. The second kappa shape index (κ2) is 12.1. The smallest absolute Gasteiger partial charge is 0.255 e. The van der Waals surface area contributed by atoms with E-state index in [1.54, 1.807) is 25.6 Å². The minimum absolute atomic E-state index is 0.0565. The van der Waals surface area contributed by atoms with Crippen LogP contribution >= 0.6 is 11.3 Å². The Labute approximate surface area is 223 Å². The molecule has 0 atom stereocenters. The molecule has 0 bridgehead atoms. The zero-order valence-corrected chi connectivity index (χ0v) is 23.1. The van der Waals surface area contributed by atoms with Crippen molar-refractivity contribution >= 4 is 17.2 Å². The van der Waals surface area contributed by atoms with E-state index in [9.17, 15) is 4.79 Å². The molecule has 7 heteroatoms. The first-order chi connectivity index (χ1) is 17.9. The van der Waals surface area contributed by atoms with Gasteiger partial charge in [0.05, 0.1) is 31.2 Å². The van der Waals surface area contributed by atoms with E-state index in [4.69, 9.17) is 14.5 Å². The van der Waals surface area contributed by atoms with E-state index in [1.807, 2.05) is 61.3 Å². The molecule has 37 heavy (non-hydrogen) atoms. The molecule has 0 aliphatic heterocycles. The predicted octanol–water partition coefficient (Wildman–Crippen LogP) is 6.72. The van der Waals surface area contributed by atoms with Crippen LogP contribution in [0.3, 0.4) is 0 Å². The quantitative estimate of drug-likeness (QED) is 0.222. The van der Waals surface area contributed by atoms with Crippen molar-refractivity contribution in [3.63, 3.8) is 0 Å². The molecule has 4 aromatic rings. The molecule has 0 saturated carbocycles. The van der Waals surface area contributed by atoms with Gasteiger partial charge in [0.2, 0.25) is 0 Å². The minimum atomic E-state index is 0.0565. The predicted molar refractivity (Wildman–Crippen MR) is 151 cm³/mol. The topological polar surface area (TPSA) is 56.6 Å². The third kappa shape index (κ3) is 6.05. The molecule has 0 aliphatic carbocycles. The fourth-order valence-corrected chi connectivity index (χ4v) is 5.18. The summed E-state index contributed by atoms with van der Waals surface area (Å²) in [6.07, 6.45) is 2.88. The molecular formula is C30H35N3O3S. The normalized spacial score (nSPS) is 10.9. The molecule has 1 amide bonds. The van der Waals surface area contributed by atoms with Crippen molar-refractivity contribution in [1.82, 2.24) is 14.5 Å². The van der Waals surface area contributed by atoms with Gasteiger partial charge in [0.25, 0.3) is 5.91 Å². The number of aryl methyl sites for hydroxylation is 1. The Morgan fingerprint density at radius 2 is 1.68 bits per heavy atom. The lowest BCUT2D eigenvalue weighted by Gasteiger charge is -2.17. The Kier molecular flexibility index (Phi) is 8.66. The number of hydrogen-bond donors (Lipinski definition) is 0. The van der Waals surface area contributed by atoms with Crippen molar-refractivity contribution in [1.29, 1.82) is 0 Å². The van der Waals surface area contributed by atoms with E-state index in [-0.39, 0.29) is 5.91 Å². The summed E-state index contributed by atoms with van der Waals surface area (Å²) in [7, 11) is 5.22. The number of carbonyl (C=O) groups is 1. The Bertz CT molecular complexity index is 1320. The molecule has 0 saturated heterocycles. The van der Waals surface area contributed by atoms with Crippen molar-refractivity contribution in [2.75, 3.05) is 27.8 Å². The van der Waals surface area contributed by atoms with Gasteiger partial charge < -0.3 is 18.9 Å². The number of thiazole rings is 1. The average Bonchev–Trinajstić information content (AvgIpc) is 3.55. The summed E-state index contributed by atoms with van der Waals surface area (Å²) >= 11 is 1.60. The molecule has 2 heterocycles. The number of benzene rings is 2. The summed E-state index contributed by atoms with van der Waals surface area (Å²) in [5.41, 5.74) is 5.81. The van der Waals surface area contributed by atoms with Gasteiger partial charge in [0.15, 0.2) is 0 Å². The van der Waals surface area contributed by atoms with Crippen LogP contribution in [0.2, 0.25) is 0 Å². The van der Waals surface area contributed by atoms with E-state index in [1.165, 1.54) is 5.56 Å². The van der Waals surface area contributed by atoms with Crippen LogP contribution < -0.4 is 9.47 Å². The minimum Gasteiger partial charge on any atom is -0.497 e. The Morgan fingerprint density at radius 1 is 1.03 bits per heavy atom. The summed E-state index contributed by atoms with van der Waals surface area (Å²) in [5, 5.41) is 3.01. The number of methoxy groups -OCH3 is 2. The van der Waals surface area contributed by atoms with Gasteiger partial charge in [-0.3, -0.25) is 4.79 Å². The molecule has 0 aliphatic rings. The largest absolute Gasteiger partial charge is 0.497 e. The Morgan fingerprint density at radius 3 is 2.30 bits per heavy atom. The maximum atomic E-state index is 13.4. The summed E-state index contributed by atoms with van der Waals surface area (Å²) in [6.45, 7) is 5.67. The highest BCUT2D eigenvalue weighted by Gasteiger charge is 2.22. The van der Waals surface area contributed by atoms with Crippen LogP contribution in [0.15, 0.2) is 60.0 Å². The monoisotopic (exact) mass is 517 g/mol. The van der Waals surface area contributed by atoms with Gasteiger partial charge >= 0.3 is 0 Å². The van der Waals surface area contributed by atoms with Gasteiger partial charge in [-0.05, 0) is 67.8 Å².